The van der Waals surface area contributed by atoms with E-state index in [-0.39, 0.29) is 37.6 Å². The van der Waals surface area contributed by atoms with Gasteiger partial charge in [0, 0.05) is 18.4 Å². The number of nitrogens with one attached hydrogen (secondary N) is 1. The normalized spacial score (nSPS) is 28.4. The Balaban J connectivity index is 0.00000484. The number of hydrogen-bond acceptors (Lipinski definition) is 6. The molecule has 0 radical (unpaired) electrons. The number of ether oxygens (including phenoxy) is 1. The molecule has 5 unspecified atom stereocenters. The predicted molar refractivity (Wildman–Crippen MR) is 88.0 cm³/mol. The molecule has 0 aliphatic heterocycles. The summed E-state index contributed by atoms with van der Waals surface area (Å²) in [6.07, 6.45) is 1.26. The van der Waals surface area contributed by atoms with E-state index in [0.717, 1.165) is 6.42 Å². The molecule has 5 N–H and O–H groups in total. The molecule has 23 heavy (non-hydrogen) atoms. The van der Waals surface area contributed by atoms with E-state index in [2.05, 4.69) is 5.32 Å². The fraction of sp³-hybridized carbons (Fsp3) is 0.867. The number of aliphatic hydroxyl groups excluding tert-OH is 2. The van der Waals surface area contributed by atoms with Crippen molar-refractivity contribution in [1.29, 1.82) is 0 Å². The number of rotatable bonds is 7. The summed E-state index contributed by atoms with van der Waals surface area (Å²) in [4.78, 5) is 23.5. The zero-order chi connectivity index (χ0) is 16.7. The standard InChI is InChI=1S/C15H28N2O5.ClH/c1-3-5-12(19)17-11-7-6-9(14(20)13(11)16)10(8-18)15(21)22-4-2;/h9-11,13-14,18,20H,3-8,16H2,1-2H3,(H,17,19);1H. The van der Waals surface area contributed by atoms with Gasteiger partial charge in [-0.05, 0) is 26.2 Å². The molecule has 0 aromatic rings. The topological polar surface area (TPSA) is 122 Å². The molecule has 136 valence electrons. The van der Waals surface area contributed by atoms with Crippen LogP contribution in [0.25, 0.3) is 0 Å². The maximum absolute atomic E-state index is 11.9. The van der Waals surface area contributed by atoms with Gasteiger partial charge in [0.15, 0.2) is 0 Å². The average Bonchev–Trinajstić information content (AvgIpc) is 2.47. The van der Waals surface area contributed by atoms with Crippen LogP contribution in [0.4, 0.5) is 0 Å². The van der Waals surface area contributed by atoms with Crippen LogP contribution < -0.4 is 11.1 Å². The molecule has 1 rings (SSSR count). The minimum atomic E-state index is -0.970. The van der Waals surface area contributed by atoms with E-state index in [9.17, 15) is 19.8 Å². The highest BCUT2D eigenvalue weighted by molar-refractivity contribution is 5.85. The Morgan fingerprint density at radius 3 is 2.52 bits per heavy atom. The average molecular weight is 353 g/mol. The highest BCUT2D eigenvalue weighted by Crippen LogP contribution is 2.31. The van der Waals surface area contributed by atoms with Crippen LogP contribution in [0.2, 0.25) is 0 Å². The second kappa shape index (κ2) is 10.8. The molecule has 0 aromatic carbocycles. The molecule has 0 heterocycles. The summed E-state index contributed by atoms with van der Waals surface area (Å²) in [7, 11) is 0. The molecule has 0 aromatic heterocycles. The molecule has 1 saturated carbocycles. The summed E-state index contributed by atoms with van der Waals surface area (Å²) in [5.74, 6) is -1.85. The van der Waals surface area contributed by atoms with E-state index in [0.29, 0.717) is 19.3 Å². The number of esters is 1. The van der Waals surface area contributed by atoms with Crippen LogP contribution in [0.5, 0.6) is 0 Å². The van der Waals surface area contributed by atoms with E-state index in [1.54, 1.807) is 6.92 Å². The molecule has 0 bridgehead atoms. The summed E-state index contributed by atoms with van der Waals surface area (Å²) >= 11 is 0. The van der Waals surface area contributed by atoms with E-state index in [1.165, 1.54) is 0 Å². The van der Waals surface area contributed by atoms with Crippen LogP contribution in [0.15, 0.2) is 0 Å². The van der Waals surface area contributed by atoms with Crippen LogP contribution in [0, 0.1) is 11.8 Å². The maximum atomic E-state index is 11.9. The smallest absolute Gasteiger partial charge is 0.311 e. The number of hydrogen-bond donors (Lipinski definition) is 4. The molecule has 7 nitrogen and oxygen atoms in total. The van der Waals surface area contributed by atoms with Crippen molar-refractivity contribution in [3.63, 3.8) is 0 Å². The highest BCUT2D eigenvalue weighted by Gasteiger charge is 2.43. The van der Waals surface area contributed by atoms with Crippen LogP contribution in [0.1, 0.15) is 39.5 Å². The number of nitrogens with two attached hydrogens (primary N) is 1. The van der Waals surface area contributed by atoms with Crippen molar-refractivity contribution in [2.45, 2.75) is 57.7 Å². The van der Waals surface area contributed by atoms with Crippen molar-refractivity contribution in [3.8, 4) is 0 Å². The Morgan fingerprint density at radius 2 is 2.00 bits per heavy atom. The van der Waals surface area contributed by atoms with E-state index in [1.807, 2.05) is 6.92 Å². The quantitative estimate of drug-likeness (QED) is 0.477. The molecule has 1 aliphatic carbocycles. The van der Waals surface area contributed by atoms with Crippen molar-refractivity contribution in [3.05, 3.63) is 0 Å². The molecule has 1 aliphatic rings. The van der Waals surface area contributed by atoms with Gasteiger partial charge in [0.25, 0.3) is 0 Å². The Labute approximate surface area is 143 Å². The first-order valence-electron chi connectivity index (χ1n) is 7.96. The van der Waals surface area contributed by atoms with Crippen molar-refractivity contribution < 1.29 is 24.5 Å². The molecule has 1 fully saturated rings. The molecule has 5 atom stereocenters. The minimum Gasteiger partial charge on any atom is -0.466 e. The number of carbonyl (C=O) groups is 2. The fourth-order valence-electron chi connectivity index (χ4n) is 3.01. The molecule has 8 heteroatoms. The third kappa shape index (κ3) is 5.91. The highest BCUT2D eigenvalue weighted by atomic mass is 35.5. The summed E-state index contributed by atoms with van der Waals surface area (Å²) in [6, 6.07) is -0.977. The van der Waals surface area contributed by atoms with Crippen molar-refractivity contribution in [2.24, 2.45) is 17.6 Å². The van der Waals surface area contributed by atoms with Gasteiger partial charge in [-0.25, -0.2) is 0 Å². The summed E-state index contributed by atoms with van der Waals surface area (Å²) < 4.78 is 4.93. The summed E-state index contributed by atoms with van der Waals surface area (Å²) in [5, 5.41) is 22.6. The van der Waals surface area contributed by atoms with E-state index in [4.69, 9.17) is 10.5 Å². The van der Waals surface area contributed by atoms with Gasteiger partial charge >= 0.3 is 5.97 Å². The molecule has 0 saturated heterocycles. The lowest BCUT2D eigenvalue weighted by molar-refractivity contribution is -0.155. The Morgan fingerprint density at radius 1 is 1.35 bits per heavy atom. The zero-order valence-electron chi connectivity index (χ0n) is 13.7. The first-order chi connectivity index (χ1) is 10.5. The molecule has 1 amide bonds. The SMILES string of the molecule is CCCC(=O)NC1CCC(C(CO)C(=O)OCC)C(O)C1N.Cl. The van der Waals surface area contributed by atoms with Gasteiger partial charge in [-0.3, -0.25) is 9.59 Å². The van der Waals surface area contributed by atoms with Gasteiger partial charge < -0.3 is 26.0 Å². The van der Waals surface area contributed by atoms with Crippen molar-refractivity contribution in [1.82, 2.24) is 5.32 Å². The lowest BCUT2D eigenvalue weighted by Crippen LogP contribution is -2.60. The second-order valence-corrected chi connectivity index (χ2v) is 5.77. The van der Waals surface area contributed by atoms with Crippen molar-refractivity contribution >= 4 is 24.3 Å². The zero-order valence-corrected chi connectivity index (χ0v) is 14.6. The number of aliphatic hydroxyl groups is 2. The minimum absolute atomic E-state index is 0. The first kappa shape index (κ1) is 22.1. The van der Waals surface area contributed by atoms with Crippen molar-refractivity contribution in [2.75, 3.05) is 13.2 Å². The summed E-state index contributed by atoms with van der Waals surface area (Å²) in [5.41, 5.74) is 6.03. The maximum Gasteiger partial charge on any atom is 0.311 e. The third-order valence-corrected chi connectivity index (χ3v) is 4.23. The van der Waals surface area contributed by atoms with Crippen LogP contribution >= 0.6 is 12.4 Å². The predicted octanol–water partition coefficient (Wildman–Crippen LogP) is -0.0371. The van der Waals surface area contributed by atoms with Gasteiger partial charge in [-0.1, -0.05) is 6.92 Å². The fourth-order valence-corrected chi connectivity index (χ4v) is 3.01. The van der Waals surface area contributed by atoms with Gasteiger partial charge in [0.2, 0.25) is 5.91 Å². The van der Waals surface area contributed by atoms with Crippen LogP contribution in [0.3, 0.4) is 0 Å². The molecule has 0 spiro atoms. The third-order valence-electron chi connectivity index (χ3n) is 4.23. The van der Waals surface area contributed by atoms with Gasteiger partial charge in [0.1, 0.15) is 0 Å². The Bertz CT molecular complexity index is 383. The number of amides is 1. The number of halogens is 1. The van der Waals surface area contributed by atoms with Crippen LogP contribution in [-0.4, -0.2) is 53.5 Å². The monoisotopic (exact) mass is 352 g/mol. The van der Waals surface area contributed by atoms with E-state index < -0.39 is 30.0 Å². The van der Waals surface area contributed by atoms with Gasteiger partial charge in [-0.15, -0.1) is 12.4 Å². The first-order valence-corrected chi connectivity index (χ1v) is 7.96. The van der Waals surface area contributed by atoms with Gasteiger partial charge in [-0.2, -0.15) is 0 Å². The second-order valence-electron chi connectivity index (χ2n) is 5.77. The summed E-state index contributed by atoms with van der Waals surface area (Å²) in [6.45, 7) is 3.44. The lowest BCUT2D eigenvalue weighted by atomic mass is 9.74. The largest absolute Gasteiger partial charge is 0.466 e. The number of carbonyl (C=O) groups excluding carboxylic acids is 2. The lowest BCUT2D eigenvalue weighted by Gasteiger charge is -2.41. The van der Waals surface area contributed by atoms with Gasteiger partial charge in [0.05, 0.1) is 31.3 Å². The Kier molecular flexibility index (Phi) is 10.4. The molecular formula is C15H29ClN2O5. The Hall–Kier alpha value is -0.890. The van der Waals surface area contributed by atoms with E-state index >= 15 is 0 Å². The molecular weight excluding hydrogens is 324 g/mol. The van der Waals surface area contributed by atoms with Crippen LogP contribution in [-0.2, 0) is 14.3 Å².